The molecule has 5 rings (SSSR count). The highest BCUT2D eigenvalue weighted by Crippen LogP contribution is 2.46. The summed E-state index contributed by atoms with van der Waals surface area (Å²) in [5, 5.41) is 13.2. The average Bonchev–Trinajstić information content (AvgIpc) is 3.31. The van der Waals surface area contributed by atoms with Crippen LogP contribution in [-0.4, -0.2) is 36.3 Å². The third kappa shape index (κ3) is 4.54. The van der Waals surface area contributed by atoms with Crippen LogP contribution in [0.4, 0.5) is 5.69 Å². The van der Waals surface area contributed by atoms with Crippen molar-refractivity contribution >= 4 is 71.9 Å². The lowest BCUT2D eigenvalue weighted by atomic mass is 10.1. The first-order valence-electron chi connectivity index (χ1n) is 10.6. The fourth-order valence-corrected chi connectivity index (χ4v) is 6.96. The molecule has 1 aromatic heterocycles. The number of nitrogens with zero attached hydrogens (tertiary/aromatic N) is 2. The quantitative estimate of drug-likeness (QED) is 0.291. The number of thioether (sulfide) groups is 1. The summed E-state index contributed by atoms with van der Waals surface area (Å²) in [6, 6.07) is 19.7. The molecule has 0 saturated carbocycles. The molecule has 4 aromatic rings. The SMILES string of the molecule is O=C(O)CN1/C(=C/c2sc3ccc4ccccc4c3[n+]2CCCS(=O)(=O)[O-])Sc2ccccc21. The summed E-state index contributed by atoms with van der Waals surface area (Å²) in [5.41, 5.74) is 1.82. The molecule has 7 nitrogen and oxygen atoms in total. The minimum Gasteiger partial charge on any atom is -0.748 e. The number of thiazole rings is 1. The Kier molecular flexibility index (Phi) is 6.07. The number of carboxylic acid groups (broad SMARTS) is 1. The molecule has 0 fully saturated rings. The van der Waals surface area contributed by atoms with Gasteiger partial charge in [0.15, 0.2) is 6.54 Å². The maximum Gasteiger partial charge on any atom is 0.323 e. The van der Waals surface area contributed by atoms with Gasteiger partial charge in [0.1, 0.15) is 11.2 Å². The maximum atomic E-state index is 11.6. The minimum atomic E-state index is -4.32. The normalized spacial score (nSPS) is 14.9. The van der Waals surface area contributed by atoms with Gasteiger partial charge in [0, 0.05) is 17.1 Å². The second kappa shape index (κ2) is 9.03. The van der Waals surface area contributed by atoms with Gasteiger partial charge in [-0.25, -0.2) is 8.42 Å². The molecule has 1 aliphatic rings. The van der Waals surface area contributed by atoms with Crippen LogP contribution in [0.2, 0.25) is 0 Å². The smallest absolute Gasteiger partial charge is 0.323 e. The zero-order valence-electron chi connectivity index (χ0n) is 17.9. The molecule has 0 unspecified atom stereocenters. The number of hydrogen-bond donors (Lipinski definition) is 1. The Morgan fingerprint density at radius 3 is 2.65 bits per heavy atom. The van der Waals surface area contributed by atoms with Crippen molar-refractivity contribution < 1.29 is 27.4 Å². The molecule has 0 atom stereocenters. The Labute approximate surface area is 204 Å². The molecule has 0 aliphatic carbocycles. The first-order valence-corrected chi connectivity index (χ1v) is 13.8. The second-order valence-electron chi connectivity index (χ2n) is 7.87. The van der Waals surface area contributed by atoms with Crippen LogP contribution in [-0.2, 0) is 21.5 Å². The Hall–Kier alpha value is -2.92. The minimum absolute atomic E-state index is 0.169. The van der Waals surface area contributed by atoms with Crippen LogP contribution in [0.15, 0.2) is 70.6 Å². The summed E-state index contributed by atoms with van der Waals surface area (Å²) in [6.07, 6.45) is 2.15. The van der Waals surface area contributed by atoms with Gasteiger partial charge < -0.3 is 14.6 Å². The van der Waals surface area contributed by atoms with Crippen LogP contribution in [0.25, 0.3) is 27.1 Å². The molecule has 3 aromatic carbocycles. The number of aliphatic carboxylic acids is 1. The highest BCUT2D eigenvalue weighted by Gasteiger charge is 2.29. The van der Waals surface area contributed by atoms with Gasteiger partial charge in [0.2, 0.25) is 5.52 Å². The monoisotopic (exact) mass is 512 g/mol. The van der Waals surface area contributed by atoms with E-state index in [-0.39, 0.29) is 13.0 Å². The molecule has 174 valence electrons. The molecule has 34 heavy (non-hydrogen) atoms. The van der Waals surface area contributed by atoms with Crippen molar-refractivity contribution in [3.63, 3.8) is 0 Å². The molecular weight excluding hydrogens is 492 g/mol. The summed E-state index contributed by atoms with van der Waals surface area (Å²) >= 11 is 3.06. The van der Waals surface area contributed by atoms with E-state index in [1.165, 1.54) is 11.8 Å². The third-order valence-electron chi connectivity index (χ3n) is 5.57. The maximum absolute atomic E-state index is 11.6. The summed E-state index contributed by atoms with van der Waals surface area (Å²) < 4.78 is 36.8. The predicted octanol–water partition coefficient (Wildman–Crippen LogP) is 4.27. The Bertz CT molecular complexity index is 1560. The van der Waals surface area contributed by atoms with Crippen LogP contribution in [0.5, 0.6) is 0 Å². The van der Waals surface area contributed by atoms with Crippen molar-refractivity contribution in [2.75, 3.05) is 17.2 Å². The lowest BCUT2D eigenvalue weighted by Crippen LogP contribution is -2.36. The first-order chi connectivity index (χ1) is 16.3. The van der Waals surface area contributed by atoms with Crippen molar-refractivity contribution in [2.45, 2.75) is 17.9 Å². The van der Waals surface area contributed by atoms with Gasteiger partial charge >= 0.3 is 5.97 Å². The van der Waals surface area contributed by atoms with Gasteiger partial charge in [-0.3, -0.25) is 4.79 Å². The van der Waals surface area contributed by atoms with E-state index in [4.69, 9.17) is 0 Å². The number of aromatic nitrogens is 1. The summed E-state index contributed by atoms with van der Waals surface area (Å²) in [7, 11) is -4.32. The van der Waals surface area contributed by atoms with E-state index in [0.717, 1.165) is 41.6 Å². The average molecular weight is 513 g/mol. The Balaban J connectivity index is 1.65. The highest BCUT2D eigenvalue weighted by atomic mass is 32.2. The van der Waals surface area contributed by atoms with Gasteiger partial charge in [-0.1, -0.05) is 59.5 Å². The van der Waals surface area contributed by atoms with Crippen LogP contribution in [0.3, 0.4) is 0 Å². The third-order valence-corrected chi connectivity index (χ3v) is 8.56. The van der Waals surface area contributed by atoms with Gasteiger partial charge in [0.25, 0.3) is 5.01 Å². The molecular formula is C24H20N2O5S3. The van der Waals surface area contributed by atoms with Gasteiger partial charge in [-0.05, 0) is 29.7 Å². The molecule has 0 spiro atoms. The summed E-state index contributed by atoms with van der Waals surface area (Å²) in [6.45, 7) is 0.184. The molecule has 0 saturated heterocycles. The number of carboxylic acids is 1. The van der Waals surface area contributed by atoms with E-state index in [1.54, 1.807) is 16.2 Å². The van der Waals surface area contributed by atoms with Crippen LogP contribution < -0.4 is 9.47 Å². The number of rotatable bonds is 7. The Morgan fingerprint density at radius 2 is 1.85 bits per heavy atom. The number of para-hydroxylation sites is 1. The van der Waals surface area contributed by atoms with E-state index in [1.807, 2.05) is 65.2 Å². The van der Waals surface area contributed by atoms with Gasteiger partial charge in [0.05, 0.1) is 32.3 Å². The largest absolute Gasteiger partial charge is 0.748 e. The van der Waals surface area contributed by atoms with Crippen LogP contribution in [0, 0.1) is 0 Å². The molecule has 0 bridgehead atoms. The number of benzene rings is 3. The standard InChI is InChI=1S/C24H20N2O5S3/c27-23(28)15-26-18-8-3-4-9-19(18)32-22(26)14-21-25(12-5-13-34(29,30)31)24-17-7-2-1-6-16(17)10-11-20(24)33-21/h1-4,6-11,14H,5,12-13,15H2,(H-,27,28,29,30,31). The van der Waals surface area contributed by atoms with Crippen LogP contribution in [0.1, 0.15) is 11.4 Å². The van der Waals surface area contributed by atoms with Gasteiger partial charge in [-0.15, -0.1) is 0 Å². The van der Waals surface area contributed by atoms with Gasteiger partial charge in [-0.2, -0.15) is 4.57 Å². The first kappa shape index (κ1) is 22.9. The topological polar surface area (TPSA) is 102 Å². The fraction of sp³-hybridized carbons (Fsp3) is 0.167. The summed E-state index contributed by atoms with van der Waals surface area (Å²) in [5.74, 6) is -1.37. The molecule has 2 heterocycles. The zero-order chi connectivity index (χ0) is 23.9. The predicted molar refractivity (Wildman–Crippen MR) is 134 cm³/mol. The number of fused-ring (bicyclic) bond motifs is 4. The fourth-order valence-electron chi connectivity index (χ4n) is 4.17. The van der Waals surface area contributed by atoms with Crippen molar-refractivity contribution in [2.24, 2.45) is 0 Å². The van der Waals surface area contributed by atoms with Crippen molar-refractivity contribution in [3.05, 3.63) is 70.7 Å². The van der Waals surface area contributed by atoms with Crippen LogP contribution >= 0.6 is 23.1 Å². The van der Waals surface area contributed by atoms with E-state index >= 15 is 0 Å². The highest BCUT2D eigenvalue weighted by molar-refractivity contribution is 8.03. The lowest BCUT2D eigenvalue weighted by Gasteiger charge is -2.17. The number of aryl methyl sites for hydroxylation is 1. The molecule has 0 amide bonds. The lowest BCUT2D eigenvalue weighted by molar-refractivity contribution is -0.667. The van der Waals surface area contributed by atoms with E-state index in [9.17, 15) is 22.9 Å². The number of hydrogen-bond acceptors (Lipinski definition) is 7. The van der Waals surface area contributed by atoms with Crippen molar-refractivity contribution in [3.8, 4) is 0 Å². The molecule has 0 radical (unpaired) electrons. The van der Waals surface area contributed by atoms with E-state index in [2.05, 4.69) is 6.07 Å². The summed E-state index contributed by atoms with van der Waals surface area (Å²) in [4.78, 5) is 14.3. The Morgan fingerprint density at radius 1 is 1.09 bits per heavy atom. The molecule has 1 N–H and O–H groups in total. The number of anilines is 1. The molecule has 10 heteroatoms. The van der Waals surface area contributed by atoms with Crippen molar-refractivity contribution in [1.29, 1.82) is 0 Å². The van der Waals surface area contributed by atoms with E-state index in [0.29, 0.717) is 6.54 Å². The van der Waals surface area contributed by atoms with Crippen molar-refractivity contribution in [1.82, 2.24) is 0 Å². The zero-order valence-corrected chi connectivity index (χ0v) is 20.3. The second-order valence-corrected chi connectivity index (χ2v) is 11.5. The number of carbonyl (C=O) groups is 1. The molecule has 1 aliphatic heterocycles. The van der Waals surface area contributed by atoms with E-state index < -0.39 is 21.8 Å².